The molecule has 3 aromatic rings. The van der Waals surface area contributed by atoms with Crippen molar-refractivity contribution < 1.29 is 14.3 Å². The Bertz CT molecular complexity index is 930. The van der Waals surface area contributed by atoms with Crippen molar-refractivity contribution in [2.45, 2.75) is 13.0 Å². The van der Waals surface area contributed by atoms with Crippen LogP contribution >= 0.6 is 0 Å². The van der Waals surface area contributed by atoms with Crippen molar-refractivity contribution in [2.75, 3.05) is 5.32 Å². The van der Waals surface area contributed by atoms with Crippen molar-refractivity contribution in [1.29, 1.82) is 5.26 Å². The highest BCUT2D eigenvalue weighted by Crippen LogP contribution is 2.23. The summed E-state index contributed by atoms with van der Waals surface area (Å²) in [5, 5.41) is 11.6. The topological polar surface area (TPSA) is 71.3 Å². The van der Waals surface area contributed by atoms with Crippen LogP contribution in [0.25, 0.3) is 0 Å². The zero-order valence-electron chi connectivity index (χ0n) is 14.8. The fourth-order valence-electron chi connectivity index (χ4n) is 2.34. The third-order valence-corrected chi connectivity index (χ3v) is 3.77. The molecule has 0 heterocycles. The minimum Gasteiger partial charge on any atom is -0.481 e. The molecular formula is C22H18N2O3. The number of nitrogens with zero attached hydrogens (tertiary/aromatic N) is 1. The Morgan fingerprint density at radius 3 is 2.11 bits per heavy atom. The van der Waals surface area contributed by atoms with Crippen LogP contribution < -0.4 is 14.8 Å². The summed E-state index contributed by atoms with van der Waals surface area (Å²) in [5.41, 5.74) is 1.19. The van der Waals surface area contributed by atoms with E-state index in [1.165, 1.54) is 0 Å². The maximum absolute atomic E-state index is 12.3. The molecule has 1 N–H and O–H groups in total. The second-order valence-electron chi connectivity index (χ2n) is 5.83. The van der Waals surface area contributed by atoms with Gasteiger partial charge in [-0.25, -0.2) is 0 Å². The number of ether oxygens (including phenoxy) is 2. The molecule has 0 saturated carbocycles. The maximum atomic E-state index is 12.3. The summed E-state index contributed by atoms with van der Waals surface area (Å²) < 4.78 is 11.3. The molecule has 0 radical (unpaired) electrons. The van der Waals surface area contributed by atoms with Gasteiger partial charge in [0.25, 0.3) is 5.91 Å². The molecule has 3 aromatic carbocycles. The van der Waals surface area contributed by atoms with Crippen molar-refractivity contribution in [2.24, 2.45) is 0 Å². The average molecular weight is 358 g/mol. The van der Waals surface area contributed by atoms with Crippen LogP contribution in [-0.4, -0.2) is 12.0 Å². The highest BCUT2D eigenvalue weighted by atomic mass is 16.5. The lowest BCUT2D eigenvalue weighted by molar-refractivity contribution is -0.122. The summed E-state index contributed by atoms with van der Waals surface area (Å²) in [6.45, 7) is 1.67. The molecule has 134 valence electrons. The Morgan fingerprint density at radius 1 is 0.889 bits per heavy atom. The van der Waals surface area contributed by atoms with Crippen LogP contribution in [0.3, 0.4) is 0 Å². The zero-order chi connectivity index (χ0) is 19.1. The summed E-state index contributed by atoms with van der Waals surface area (Å²) in [5.74, 6) is 1.69. The molecule has 5 nitrogen and oxygen atoms in total. The summed E-state index contributed by atoms with van der Waals surface area (Å²) in [7, 11) is 0. The smallest absolute Gasteiger partial charge is 0.265 e. The first-order valence-corrected chi connectivity index (χ1v) is 8.45. The number of carbonyl (C=O) groups excluding carboxylic acids is 1. The first-order valence-electron chi connectivity index (χ1n) is 8.45. The normalized spacial score (nSPS) is 11.1. The van der Waals surface area contributed by atoms with Crippen LogP contribution in [0, 0.1) is 11.3 Å². The number of rotatable bonds is 6. The highest BCUT2D eigenvalue weighted by Gasteiger charge is 2.15. The van der Waals surface area contributed by atoms with E-state index in [0.29, 0.717) is 22.7 Å². The van der Waals surface area contributed by atoms with Gasteiger partial charge in [-0.15, -0.1) is 0 Å². The molecule has 3 rings (SSSR count). The fourth-order valence-corrected chi connectivity index (χ4v) is 2.34. The lowest BCUT2D eigenvalue weighted by Gasteiger charge is -2.15. The summed E-state index contributed by atoms with van der Waals surface area (Å²) in [4.78, 5) is 12.3. The van der Waals surface area contributed by atoms with E-state index >= 15 is 0 Å². The lowest BCUT2D eigenvalue weighted by atomic mass is 10.2. The number of benzene rings is 3. The molecule has 0 aromatic heterocycles. The number of carbonyl (C=O) groups is 1. The fraction of sp³-hybridized carbons (Fsp3) is 0.0909. The predicted octanol–water partition coefficient (Wildman–Crippen LogP) is 4.76. The Morgan fingerprint density at radius 2 is 1.48 bits per heavy atom. The molecule has 1 atom stereocenters. The summed E-state index contributed by atoms with van der Waals surface area (Å²) >= 11 is 0. The van der Waals surface area contributed by atoms with Crippen LogP contribution in [0.15, 0.2) is 78.9 Å². The number of amides is 1. The van der Waals surface area contributed by atoms with E-state index < -0.39 is 6.10 Å². The molecule has 0 aliphatic rings. The molecule has 5 heteroatoms. The third-order valence-electron chi connectivity index (χ3n) is 3.77. The van der Waals surface area contributed by atoms with Crippen molar-refractivity contribution in [3.05, 3.63) is 84.4 Å². The Balaban J connectivity index is 1.55. The second kappa shape index (κ2) is 8.54. The Kier molecular flexibility index (Phi) is 5.70. The average Bonchev–Trinajstić information content (AvgIpc) is 2.71. The molecule has 0 saturated heterocycles. The molecule has 1 unspecified atom stereocenters. The van der Waals surface area contributed by atoms with Crippen molar-refractivity contribution in [3.8, 4) is 23.3 Å². The van der Waals surface area contributed by atoms with Gasteiger partial charge in [-0.1, -0.05) is 18.2 Å². The molecule has 0 aliphatic heterocycles. The number of nitriles is 1. The minimum absolute atomic E-state index is 0.268. The van der Waals surface area contributed by atoms with Gasteiger partial charge >= 0.3 is 0 Å². The van der Waals surface area contributed by atoms with Gasteiger partial charge < -0.3 is 14.8 Å². The Labute approximate surface area is 157 Å². The van der Waals surface area contributed by atoms with Gasteiger partial charge in [-0.3, -0.25) is 4.79 Å². The summed E-state index contributed by atoms with van der Waals surface area (Å²) in [6.07, 6.45) is -0.682. The molecular weight excluding hydrogens is 340 g/mol. The van der Waals surface area contributed by atoms with E-state index in [-0.39, 0.29) is 5.91 Å². The Hall–Kier alpha value is -3.78. The highest BCUT2D eigenvalue weighted by molar-refractivity contribution is 5.94. The first-order chi connectivity index (χ1) is 13.1. The van der Waals surface area contributed by atoms with Crippen molar-refractivity contribution in [1.82, 2.24) is 0 Å². The van der Waals surface area contributed by atoms with Crippen LogP contribution in [0.2, 0.25) is 0 Å². The SMILES string of the molecule is CC(Oc1ccc(C#N)cc1)C(=O)Nc1ccc(Oc2ccccc2)cc1. The van der Waals surface area contributed by atoms with Gasteiger partial charge in [-0.2, -0.15) is 5.26 Å². The van der Waals surface area contributed by atoms with E-state index in [2.05, 4.69) is 5.32 Å². The van der Waals surface area contributed by atoms with E-state index in [1.807, 2.05) is 36.4 Å². The lowest BCUT2D eigenvalue weighted by Crippen LogP contribution is -2.30. The standard InChI is InChI=1S/C22H18N2O3/c1-16(26-20-11-7-17(15-23)8-12-20)22(25)24-18-9-13-21(14-10-18)27-19-5-3-2-4-6-19/h2-14,16H,1H3,(H,24,25). The van der Waals surface area contributed by atoms with Gasteiger partial charge in [0.15, 0.2) is 6.10 Å². The van der Waals surface area contributed by atoms with Gasteiger partial charge in [0, 0.05) is 5.69 Å². The molecule has 1 amide bonds. The quantitative estimate of drug-likeness (QED) is 0.690. The third kappa shape index (κ3) is 5.10. The second-order valence-corrected chi connectivity index (χ2v) is 5.83. The molecule has 0 fully saturated rings. The van der Waals surface area contributed by atoms with Crippen molar-refractivity contribution >= 4 is 11.6 Å². The number of anilines is 1. The number of para-hydroxylation sites is 1. The van der Waals surface area contributed by atoms with Crippen LogP contribution in [-0.2, 0) is 4.79 Å². The minimum atomic E-state index is -0.682. The number of hydrogen-bond donors (Lipinski definition) is 1. The largest absolute Gasteiger partial charge is 0.481 e. The monoisotopic (exact) mass is 358 g/mol. The van der Waals surface area contributed by atoms with Gasteiger partial charge in [0.05, 0.1) is 11.6 Å². The molecule has 0 bridgehead atoms. The predicted molar refractivity (Wildman–Crippen MR) is 103 cm³/mol. The molecule has 0 aliphatic carbocycles. The van der Waals surface area contributed by atoms with Gasteiger partial charge in [0.2, 0.25) is 0 Å². The zero-order valence-corrected chi connectivity index (χ0v) is 14.8. The van der Waals surface area contributed by atoms with Crippen LogP contribution in [0.5, 0.6) is 17.2 Å². The number of hydrogen-bond acceptors (Lipinski definition) is 4. The maximum Gasteiger partial charge on any atom is 0.265 e. The van der Waals surface area contributed by atoms with Gasteiger partial charge in [-0.05, 0) is 67.6 Å². The summed E-state index contributed by atoms with van der Waals surface area (Å²) in [6, 6.07) is 25.2. The van der Waals surface area contributed by atoms with E-state index in [0.717, 1.165) is 5.75 Å². The molecule has 27 heavy (non-hydrogen) atoms. The van der Waals surface area contributed by atoms with E-state index in [9.17, 15) is 4.79 Å². The van der Waals surface area contributed by atoms with Crippen LogP contribution in [0.4, 0.5) is 5.69 Å². The van der Waals surface area contributed by atoms with E-state index in [1.54, 1.807) is 55.5 Å². The molecule has 0 spiro atoms. The van der Waals surface area contributed by atoms with Gasteiger partial charge in [0.1, 0.15) is 17.2 Å². The van der Waals surface area contributed by atoms with Crippen LogP contribution in [0.1, 0.15) is 12.5 Å². The number of nitrogens with one attached hydrogen (secondary N) is 1. The first kappa shape index (κ1) is 18.0. The van der Waals surface area contributed by atoms with Crippen molar-refractivity contribution in [3.63, 3.8) is 0 Å². The van der Waals surface area contributed by atoms with E-state index in [4.69, 9.17) is 14.7 Å².